The topological polar surface area (TPSA) is 49.3 Å². The molecule has 0 saturated carbocycles. The number of thiophene rings is 1. The lowest BCUT2D eigenvalue weighted by molar-refractivity contribution is 0.787. The van der Waals surface area contributed by atoms with Gasteiger partial charge in [-0.05, 0) is 30.5 Å². The molecular formula is C16H22N4S. The predicted molar refractivity (Wildman–Crippen MR) is 89.9 cm³/mol. The third-order valence-corrected chi connectivity index (χ3v) is 3.89. The van der Waals surface area contributed by atoms with Crippen LogP contribution in [0.4, 0.5) is 0 Å². The highest BCUT2D eigenvalue weighted by molar-refractivity contribution is 7.09. The van der Waals surface area contributed by atoms with Crippen LogP contribution in [-0.4, -0.2) is 30.6 Å². The molecule has 0 saturated heterocycles. The van der Waals surface area contributed by atoms with E-state index in [9.17, 15) is 0 Å². The minimum atomic E-state index is 0.805. The van der Waals surface area contributed by atoms with Crippen molar-refractivity contribution in [2.75, 3.05) is 19.6 Å². The van der Waals surface area contributed by atoms with Crippen LogP contribution < -0.4 is 10.6 Å². The predicted octanol–water partition coefficient (Wildman–Crippen LogP) is 2.48. The summed E-state index contributed by atoms with van der Waals surface area (Å²) in [6.07, 6.45) is 3.72. The highest BCUT2D eigenvalue weighted by atomic mass is 32.1. The Morgan fingerprint density at radius 2 is 2.14 bits per heavy atom. The molecule has 2 aromatic heterocycles. The van der Waals surface area contributed by atoms with Crippen molar-refractivity contribution < 1.29 is 0 Å². The molecular weight excluding hydrogens is 280 g/mol. The lowest BCUT2D eigenvalue weighted by Crippen LogP contribution is -2.38. The van der Waals surface area contributed by atoms with E-state index in [1.807, 2.05) is 24.4 Å². The number of hydrogen-bond donors (Lipinski definition) is 2. The molecule has 0 atom stereocenters. The Bertz CT molecular complexity index is 522. The second-order valence-electron chi connectivity index (χ2n) is 4.59. The maximum absolute atomic E-state index is 4.60. The third-order valence-electron chi connectivity index (χ3n) is 2.95. The summed E-state index contributed by atoms with van der Waals surface area (Å²) in [5, 5.41) is 8.73. The molecule has 5 heteroatoms. The summed E-state index contributed by atoms with van der Waals surface area (Å²) >= 11 is 1.78. The normalized spacial score (nSPS) is 11.4. The first kappa shape index (κ1) is 15.5. The highest BCUT2D eigenvalue weighted by Crippen LogP contribution is 2.08. The minimum absolute atomic E-state index is 0.805. The Kier molecular flexibility index (Phi) is 6.74. The van der Waals surface area contributed by atoms with E-state index in [1.165, 1.54) is 4.88 Å². The van der Waals surface area contributed by atoms with Gasteiger partial charge in [0.2, 0.25) is 0 Å². The molecule has 0 aliphatic heterocycles. The Labute approximate surface area is 130 Å². The van der Waals surface area contributed by atoms with Crippen LogP contribution in [0.5, 0.6) is 0 Å². The van der Waals surface area contributed by atoms with Crippen molar-refractivity contribution in [3.05, 3.63) is 52.5 Å². The largest absolute Gasteiger partial charge is 0.357 e. The quantitative estimate of drug-likeness (QED) is 0.610. The summed E-state index contributed by atoms with van der Waals surface area (Å²) < 4.78 is 0. The van der Waals surface area contributed by atoms with Gasteiger partial charge >= 0.3 is 0 Å². The van der Waals surface area contributed by atoms with Gasteiger partial charge in [-0.25, -0.2) is 0 Å². The average molecular weight is 302 g/mol. The van der Waals surface area contributed by atoms with Crippen molar-refractivity contribution in [2.24, 2.45) is 4.99 Å². The smallest absolute Gasteiger partial charge is 0.191 e. The van der Waals surface area contributed by atoms with Crippen molar-refractivity contribution in [3.63, 3.8) is 0 Å². The van der Waals surface area contributed by atoms with Crippen molar-refractivity contribution in [1.29, 1.82) is 0 Å². The zero-order chi connectivity index (χ0) is 14.8. The third kappa shape index (κ3) is 5.95. The van der Waals surface area contributed by atoms with Gasteiger partial charge in [-0.15, -0.1) is 11.3 Å². The fraction of sp³-hybridized carbons (Fsp3) is 0.375. The molecule has 0 amide bonds. The summed E-state index contributed by atoms with van der Waals surface area (Å²) in [5.74, 6) is 0.880. The Hall–Kier alpha value is -1.88. The first-order valence-corrected chi connectivity index (χ1v) is 8.21. The molecule has 0 fully saturated rings. The maximum atomic E-state index is 4.60. The van der Waals surface area contributed by atoms with E-state index in [-0.39, 0.29) is 0 Å². The zero-order valence-electron chi connectivity index (χ0n) is 12.4. The van der Waals surface area contributed by atoms with Crippen LogP contribution in [0.25, 0.3) is 0 Å². The number of aromatic nitrogens is 1. The van der Waals surface area contributed by atoms with Gasteiger partial charge in [-0.2, -0.15) is 0 Å². The van der Waals surface area contributed by atoms with Crippen LogP contribution in [0.15, 0.2) is 46.9 Å². The standard InChI is InChI=1S/C16H22N4S/c1-2-17-16(20-12-9-15-7-5-13-21-15)19-11-8-14-6-3-4-10-18-14/h3-7,10,13H,2,8-9,11-12H2,1H3,(H2,17,19,20). The molecule has 2 aromatic rings. The molecule has 0 aliphatic carbocycles. The molecule has 21 heavy (non-hydrogen) atoms. The van der Waals surface area contributed by atoms with Gasteiger partial charge in [-0.3, -0.25) is 9.98 Å². The summed E-state index contributed by atoms with van der Waals surface area (Å²) in [7, 11) is 0. The second kappa shape index (κ2) is 9.13. The van der Waals surface area contributed by atoms with Crippen molar-refractivity contribution in [1.82, 2.24) is 15.6 Å². The second-order valence-corrected chi connectivity index (χ2v) is 5.62. The van der Waals surface area contributed by atoms with E-state index >= 15 is 0 Å². The number of nitrogens with zero attached hydrogens (tertiary/aromatic N) is 2. The van der Waals surface area contributed by atoms with E-state index in [0.717, 1.165) is 44.1 Å². The Morgan fingerprint density at radius 3 is 2.86 bits per heavy atom. The average Bonchev–Trinajstić information content (AvgIpc) is 3.02. The Balaban J connectivity index is 1.75. The molecule has 0 radical (unpaired) electrons. The minimum Gasteiger partial charge on any atom is -0.357 e. The number of rotatable bonds is 7. The van der Waals surface area contributed by atoms with Gasteiger partial charge < -0.3 is 10.6 Å². The van der Waals surface area contributed by atoms with E-state index in [2.05, 4.69) is 45.0 Å². The van der Waals surface area contributed by atoms with Gasteiger partial charge in [0, 0.05) is 49.2 Å². The maximum Gasteiger partial charge on any atom is 0.191 e. The molecule has 112 valence electrons. The fourth-order valence-corrected chi connectivity index (χ4v) is 2.63. The SMILES string of the molecule is CCNC(=NCCc1cccs1)NCCc1ccccn1. The lowest BCUT2D eigenvalue weighted by Gasteiger charge is -2.10. The van der Waals surface area contributed by atoms with Crippen LogP contribution in [0.3, 0.4) is 0 Å². The number of aliphatic imine (C=N–C) groups is 1. The first-order valence-electron chi connectivity index (χ1n) is 7.33. The van der Waals surface area contributed by atoms with E-state index in [4.69, 9.17) is 0 Å². The van der Waals surface area contributed by atoms with Crippen LogP contribution in [0, 0.1) is 0 Å². The molecule has 0 bridgehead atoms. The monoisotopic (exact) mass is 302 g/mol. The van der Waals surface area contributed by atoms with Gasteiger partial charge in [0.1, 0.15) is 0 Å². The van der Waals surface area contributed by atoms with Crippen molar-refractivity contribution in [2.45, 2.75) is 19.8 Å². The molecule has 2 N–H and O–H groups in total. The van der Waals surface area contributed by atoms with Crippen LogP contribution >= 0.6 is 11.3 Å². The molecule has 4 nitrogen and oxygen atoms in total. The molecule has 0 aromatic carbocycles. The van der Waals surface area contributed by atoms with E-state index in [0.29, 0.717) is 0 Å². The lowest BCUT2D eigenvalue weighted by atomic mass is 10.3. The van der Waals surface area contributed by atoms with E-state index < -0.39 is 0 Å². The van der Waals surface area contributed by atoms with Gasteiger partial charge in [0.05, 0.1) is 0 Å². The van der Waals surface area contributed by atoms with Crippen molar-refractivity contribution in [3.8, 4) is 0 Å². The summed E-state index contributed by atoms with van der Waals surface area (Å²) in [6, 6.07) is 10.2. The van der Waals surface area contributed by atoms with Crippen molar-refractivity contribution >= 4 is 17.3 Å². The number of pyridine rings is 1. The molecule has 2 heterocycles. The summed E-state index contributed by atoms with van der Waals surface area (Å²) in [4.78, 5) is 10.3. The molecule has 0 spiro atoms. The summed E-state index contributed by atoms with van der Waals surface area (Å²) in [6.45, 7) is 4.59. The fourth-order valence-electron chi connectivity index (χ4n) is 1.93. The van der Waals surface area contributed by atoms with Crippen LogP contribution in [0.2, 0.25) is 0 Å². The van der Waals surface area contributed by atoms with Crippen LogP contribution in [0.1, 0.15) is 17.5 Å². The molecule has 2 rings (SSSR count). The highest BCUT2D eigenvalue weighted by Gasteiger charge is 1.99. The van der Waals surface area contributed by atoms with E-state index in [1.54, 1.807) is 11.3 Å². The van der Waals surface area contributed by atoms with Crippen LogP contribution in [-0.2, 0) is 12.8 Å². The number of hydrogen-bond acceptors (Lipinski definition) is 3. The number of guanidine groups is 1. The summed E-state index contributed by atoms with van der Waals surface area (Å²) in [5.41, 5.74) is 1.10. The van der Waals surface area contributed by atoms with Gasteiger partial charge in [0.25, 0.3) is 0 Å². The number of nitrogens with one attached hydrogen (secondary N) is 2. The van der Waals surface area contributed by atoms with Gasteiger partial charge in [0.15, 0.2) is 5.96 Å². The van der Waals surface area contributed by atoms with Gasteiger partial charge in [-0.1, -0.05) is 12.1 Å². The molecule has 0 aliphatic rings. The first-order chi connectivity index (χ1) is 10.4. The molecule has 0 unspecified atom stereocenters. The Morgan fingerprint density at radius 1 is 1.19 bits per heavy atom. The zero-order valence-corrected chi connectivity index (χ0v) is 13.2.